The Hall–Kier alpha value is -0.960. The number of halogens is 1. The van der Waals surface area contributed by atoms with E-state index in [2.05, 4.69) is 11.9 Å². The number of nitrogens with two attached hydrogens (primary N) is 1. The van der Waals surface area contributed by atoms with E-state index in [1.165, 1.54) is 6.20 Å². The van der Waals surface area contributed by atoms with Gasteiger partial charge in [0, 0.05) is 17.8 Å². The van der Waals surface area contributed by atoms with Gasteiger partial charge in [-0.05, 0) is 17.9 Å². The minimum atomic E-state index is -0.318. The number of rotatable bonds is 3. The Labute approximate surface area is 84.3 Å². The van der Waals surface area contributed by atoms with Gasteiger partial charge in [0.25, 0.3) is 0 Å². The minimum Gasteiger partial charge on any atom is -0.323 e. The van der Waals surface area contributed by atoms with Crippen molar-refractivity contribution in [3.63, 3.8) is 0 Å². The Balaban J connectivity index is 3.00. The first-order valence-corrected chi connectivity index (χ1v) is 4.84. The summed E-state index contributed by atoms with van der Waals surface area (Å²) < 4.78 is 13.4. The Kier molecular flexibility index (Phi) is 3.21. The van der Waals surface area contributed by atoms with Gasteiger partial charge in [-0.15, -0.1) is 0 Å². The zero-order chi connectivity index (χ0) is 10.8. The van der Waals surface area contributed by atoms with Crippen LogP contribution in [-0.4, -0.2) is 4.98 Å². The van der Waals surface area contributed by atoms with Crippen LogP contribution in [0.3, 0.4) is 0 Å². The van der Waals surface area contributed by atoms with Gasteiger partial charge >= 0.3 is 0 Å². The average Bonchev–Trinajstić information content (AvgIpc) is 2.17. The van der Waals surface area contributed by atoms with E-state index in [9.17, 15) is 4.39 Å². The van der Waals surface area contributed by atoms with Crippen LogP contribution >= 0.6 is 0 Å². The largest absolute Gasteiger partial charge is 0.323 e. The highest BCUT2D eigenvalue weighted by molar-refractivity contribution is 5.19. The highest BCUT2D eigenvalue weighted by Gasteiger charge is 2.27. The monoisotopic (exact) mass is 196 g/mol. The molecule has 78 valence electrons. The fraction of sp³-hybridized carbons (Fsp3) is 0.545. The SMILES string of the molecule is CCC(C)(C)C(N)c1ccncc1F. The fourth-order valence-corrected chi connectivity index (χ4v) is 1.28. The zero-order valence-corrected chi connectivity index (χ0v) is 8.92. The molecule has 2 N–H and O–H groups in total. The normalized spacial score (nSPS) is 14.1. The van der Waals surface area contributed by atoms with Gasteiger partial charge in [0.2, 0.25) is 0 Å². The van der Waals surface area contributed by atoms with E-state index in [1.807, 2.05) is 13.8 Å². The Morgan fingerprint density at radius 1 is 1.57 bits per heavy atom. The van der Waals surface area contributed by atoms with E-state index in [0.717, 1.165) is 6.42 Å². The summed E-state index contributed by atoms with van der Waals surface area (Å²) in [5, 5.41) is 0. The maximum Gasteiger partial charge on any atom is 0.146 e. The lowest BCUT2D eigenvalue weighted by Gasteiger charge is -2.30. The van der Waals surface area contributed by atoms with E-state index in [4.69, 9.17) is 5.73 Å². The molecule has 14 heavy (non-hydrogen) atoms. The summed E-state index contributed by atoms with van der Waals surface area (Å²) >= 11 is 0. The number of nitrogens with zero attached hydrogens (tertiary/aromatic N) is 1. The smallest absolute Gasteiger partial charge is 0.146 e. The molecule has 1 atom stereocenters. The van der Waals surface area contributed by atoms with Gasteiger partial charge in [-0.2, -0.15) is 0 Å². The summed E-state index contributed by atoms with van der Waals surface area (Å²) in [6, 6.07) is 1.37. The fourth-order valence-electron chi connectivity index (χ4n) is 1.28. The summed E-state index contributed by atoms with van der Waals surface area (Å²) in [6.45, 7) is 6.13. The molecule has 0 spiro atoms. The molecule has 1 aromatic heterocycles. The maximum absolute atomic E-state index is 13.4. The average molecular weight is 196 g/mol. The van der Waals surface area contributed by atoms with E-state index in [1.54, 1.807) is 12.3 Å². The second kappa shape index (κ2) is 4.05. The van der Waals surface area contributed by atoms with Gasteiger partial charge in [-0.1, -0.05) is 20.8 Å². The van der Waals surface area contributed by atoms with Crippen LogP contribution in [0, 0.1) is 11.2 Å². The molecule has 1 rings (SSSR count). The van der Waals surface area contributed by atoms with Crippen molar-refractivity contribution in [1.82, 2.24) is 4.98 Å². The predicted molar refractivity (Wildman–Crippen MR) is 55.2 cm³/mol. The van der Waals surface area contributed by atoms with Gasteiger partial charge in [-0.25, -0.2) is 4.39 Å². The third kappa shape index (κ3) is 2.10. The maximum atomic E-state index is 13.4. The minimum absolute atomic E-state index is 0.0950. The first-order valence-electron chi connectivity index (χ1n) is 4.84. The molecular weight excluding hydrogens is 179 g/mol. The summed E-state index contributed by atoms with van der Waals surface area (Å²) in [6.07, 6.45) is 3.70. The molecule has 0 radical (unpaired) electrons. The van der Waals surface area contributed by atoms with Crippen molar-refractivity contribution >= 4 is 0 Å². The molecule has 0 aliphatic carbocycles. The number of hydrogen-bond acceptors (Lipinski definition) is 2. The van der Waals surface area contributed by atoms with Gasteiger partial charge < -0.3 is 5.73 Å². The molecule has 0 aliphatic heterocycles. The highest BCUT2D eigenvalue weighted by Crippen LogP contribution is 2.34. The van der Waals surface area contributed by atoms with Gasteiger partial charge in [-0.3, -0.25) is 4.98 Å². The van der Waals surface area contributed by atoms with E-state index in [0.29, 0.717) is 5.56 Å². The van der Waals surface area contributed by atoms with E-state index in [-0.39, 0.29) is 17.3 Å². The van der Waals surface area contributed by atoms with Crippen molar-refractivity contribution in [2.24, 2.45) is 11.1 Å². The third-order valence-electron chi connectivity index (χ3n) is 2.89. The number of aromatic nitrogens is 1. The van der Waals surface area contributed by atoms with Crippen LogP contribution in [0.25, 0.3) is 0 Å². The quantitative estimate of drug-likeness (QED) is 0.807. The number of hydrogen-bond donors (Lipinski definition) is 1. The van der Waals surface area contributed by atoms with Crippen LogP contribution in [0.2, 0.25) is 0 Å². The molecule has 1 unspecified atom stereocenters. The van der Waals surface area contributed by atoms with Crippen LogP contribution in [-0.2, 0) is 0 Å². The molecule has 0 aromatic carbocycles. The Bertz CT molecular complexity index is 310. The van der Waals surface area contributed by atoms with Gasteiger partial charge in [0.15, 0.2) is 0 Å². The molecule has 0 fully saturated rings. The molecule has 1 heterocycles. The van der Waals surface area contributed by atoms with Crippen LogP contribution in [0.5, 0.6) is 0 Å². The number of pyridine rings is 1. The molecule has 0 amide bonds. The predicted octanol–water partition coefficient (Wildman–Crippen LogP) is 2.66. The lowest BCUT2D eigenvalue weighted by atomic mass is 9.79. The summed E-state index contributed by atoms with van der Waals surface area (Å²) in [4.78, 5) is 3.70. The van der Waals surface area contributed by atoms with Crippen molar-refractivity contribution in [2.45, 2.75) is 33.2 Å². The van der Waals surface area contributed by atoms with Gasteiger partial charge in [0.05, 0.1) is 6.20 Å². The summed E-state index contributed by atoms with van der Waals surface area (Å²) in [5.74, 6) is -0.318. The molecule has 0 aliphatic rings. The highest BCUT2D eigenvalue weighted by atomic mass is 19.1. The molecule has 1 aromatic rings. The lowest BCUT2D eigenvalue weighted by Crippen LogP contribution is -2.29. The van der Waals surface area contributed by atoms with Crippen molar-refractivity contribution in [1.29, 1.82) is 0 Å². The topological polar surface area (TPSA) is 38.9 Å². The van der Waals surface area contributed by atoms with Crippen molar-refractivity contribution in [3.05, 3.63) is 29.8 Å². The van der Waals surface area contributed by atoms with Crippen LogP contribution in [0.15, 0.2) is 18.5 Å². The van der Waals surface area contributed by atoms with Crippen molar-refractivity contribution < 1.29 is 4.39 Å². The zero-order valence-electron chi connectivity index (χ0n) is 8.92. The summed E-state index contributed by atoms with van der Waals surface area (Å²) in [5.41, 5.74) is 6.47. The van der Waals surface area contributed by atoms with Gasteiger partial charge in [0.1, 0.15) is 5.82 Å². The molecule has 0 saturated heterocycles. The van der Waals surface area contributed by atoms with Crippen LogP contribution in [0.4, 0.5) is 4.39 Å². The van der Waals surface area contributed by atoms with E-state index < -0.39 is 0 Å². The van der Waals surface area contributed by atoms with Crippen molar-refractivity contribution in [3.8, 4) is 0 Å². The third-order valence-corrected chi connectivity index (χ3v) is 2.89. The first kappa shape index (κ1) is 11.1. The second-order valence-corrected chi connectivity index (χ2v) is 4.22. The van der Waals surface area contributed by atoms with Crippen LogP contribution < -0.4 is 5.73 Å². The van der Waals surface area contributed by atoms with Crippen molar-refractivity contribution in [2.75, 3.05) is 0 Å². The molecule has 3 heteroatoms. The Morgan fingerprint density at radius 2 is 2.21 bits per heavy atom. The first-order chi connectivity index (χ1) is 6.49. The Morgan fingerprint density at radius 3 is 2.71 bits per heavy atom. The van der Waals surface area contributed by atoms with Crippen LogP contribution in [0.1, 0.15) is 38.8 Å². The lowest BCUT2D eigenvalue weighted by molar-refractivity contribution is 0.272. The standard InChI is InChI=1S/C11H17FN2/c1-4-11(2,3)10(13)8-5-6-14-7-9(8)12/h5-7,10H,4,13H2,1-3H3. The molecule has 0 saturated carbocycles. The second-order valence-electron chi connectivity index (χ2n) is 4.22. The summed E-state index contributed by atoms with van der Waals surface area (Å²) in [7, 11) is 0. The molecule has 0 bridgehead atoms. The molecular formula is C11H17FN2. The molecule has 2 nitrogen and oxygen atoms in total. The van der Waals surface area contributed by atoms with E-state index >= 15 is 0 Å².